The van der Waals surface area contributed by atoms with Gasteiger partial charge in [0.15, 0.2) is 0 Å². The van der Waals surface area contributed by atoms with Crippen molar-refractivity contribution in [2.45, 2.75) is 44.3 Å². The molecule has 120 valence electrons. The van der Waals surface area contributed by atoms with Crippen LogP contribution in [0.3, 0.4) is 0 Å². The van der Waals surface area contributed by atoms with E-state index in [4.69, 9.17) is 0 Å². The molecule has 2 aromatic rings. The first-order chi connectivity index (χ1) is 11.0. The zero-order valence-electron chi connectivity index (χ0n) is 14.0. The van der Waals surface area contributed by atoms with E-state index in [0.717, 1.165) is 24.1 Å². The molecule has 0 saturated carbocycles. The number of fused-ring (bicyclic) bond motifs is 1. The maximum atomic E-state index is 12.4. The van der Waals surface area contributed by atoms with Crippen molar-refractivity contribution >= 4 is 17.1 Å². The second kappa shape index (κ2) is 6.50. The van der Waals surface area contributed by atoms with Crippen LogP contribution in [0, 0.1) is 0 Å². The minimum atomic E-state index is -1.21. The molecule has 0 aliphatic heterocycles. The van der Waals surface area contributed by atoms with Crippen LogP contribution in [0.2, 0.25) is 0 Å². The van der Waals surface area contributed by atoms with E-state index in [0.29, 0.717) is 5.92 Å². The number of hydrogen-bond acceptors (Lipinski definition) is 2. The van der Waals surface area contributed by atoms with Crippen LogP contribution < -0.4 is 0 Å². The van der Waals surface area contributed by atoms with E-state index >= 15 is 0 Å². The first kappa shape index (κ1) is 16.3. The van der Waals surface area contributed by atoms with Gasteiger partial charge in [0.1, 0.15) is 16.1 Å². The Balaban J connectivity index is 2.00. The van der Waals surface area contributed by atoms with Gasteiger partial charge in [-0.2, -0.15) is 0 Å². The van der Waals surface area contributed by atoms with Crippen molar-refractivity contribution in [2.24, 2.45) is 4.40 Å². The summed E-state index contributed by atoms with van der Waals surface area (Å²) in [5, 5.41) is 0. The highest BCUT2D eigenvalue weighted by Gasteiger charge is 2.31. The molecule has 0 radical (unpaired) electrons. The lowest BCUT2D eigenvalue weighted by atomic mass is 9.78. The predicted molar refractivity (Wildman–Crippen MR) is 98.4 cm³/mol. The molecular weight excluding hydrogens is 302 g/mol. The van der Waals surface area contributed by atoms with Gasteiger partial charge in [0, 0.05) is 11.5 Å². The molecule has 0 amide bonds. The summed E-state index contributed by atoms with van der Waals surface area (Å²) in [5.41, 5.74) is 4.79. The molecule has 1 unspecified atom stereocenters. The molecule has 0 spiro atoms. The Morgan fingerprint density at radius 1 is 1.00 bits per heavy atom. The second-order valence-corrected chi connectivity index (χ2v) is 8.89. The number of rotatable bonds is 2. The van der Waals surface area contributed by atoms with Gasteiger partial charge in [0.05, 0.1) is 5.71 Å². The highest BCUT2D eigenvalue weighted by Crippen LogP contribution is 2.37. The van der Waals surface area contributed by atoms with Crippen LogP contribution in [0.15, 0.2) is 59.0 Å². The van der Waals surface area contributed by atoms with Crippen molar-refractivity contribution in [2.75, 3.05) is 0 Å². The summed E-state index contributed by atoms with van der Waals surface area (Å²) in [4.78, 5) is 0. The largest absolute Gasteiger partial charge is 0.591 e. The summed E-state index contributed by atoms with van der Waals surface area (Å²) < 4.78 is 16.7. The van der Waals surface area contributed by atoms with Crippen molar-refractivity contribution in [3.05, 3.63) is 71.3 Å². The van der Waals surface area contributed by atoms with Gasteiger partial charge in [0.25, 0.3) is 0 Å². The Bertz CT molecular complexity index is 703. The Kier molecular flexibility index (Phi) is 4.60. The highest BCUT2D eigenvalue weighted by atomic mass is 32.2. The molecule has 23 heavy (non-hydrogen) atoms. The van der Waals surface area contributed by atoms with Crippen molar-refractivity contribution < 1.29 is 4.55 Å². The van der Waals surface area contributed by atoms with Crippen LogP contribution in [0.5, 0.6) is 0 Å². The normalized spacial score (nSPS) is 21.0. The van der Waals surface area contributed by atoms with E-state index in [1.54, 1.807) is 0 Å². The van der Waals surface area contributed by atoms with Crippen LogP contribution in [-0.4, -0.2) is 15.0 Å². The van der Waals surface area contributed by atoms with Crippen molar-refractivity contribution in [3.8, 4) is 0 Å². The van der Waals surface area contributed by atoms with E-state index < -0.39 is 11.4 Å². The Labute approximate surface area is 142 Å². The third kappa shape index (κ3) is 3.51. The van der Waals surface area contributed by atoms with Gasteiger partial charge in [0.2, 0.25) is 0 Å². The lowest BCUT2D eigenvalue weighted by molar-refractivity contribution is 0.561. The van der Waals surface area contributed by atoms with Crippen molar-refractivity contribution in [1.82, 2.24) is 0 Å². The molecule has 1 aliphatic carbocycles. The lowest BCUT2D eigenvalue weighted by Gasteiger charge is -2.27. The molecule has 3 rings (SSSR count). The standard InChI is InChI=1S/C20H23NOS/c1-20(2,3)23(22)21-19-14-13-16(15-9-5-4-6-10-15)17-11-7-8-12-18(17)19/h4-12,16H,13-14H2,1-3H3/t16-,23?/m1/s1. The van der Waals surface area contributed by atoms with Crippen LogP contribution >= 0.6 is 0 Å². The van der Waals surface area contributed by atoms with E-state index in [-0.39, 0.29) is 4.75 Å². The van der Waals surface area contributed by atoms with Gasteiger partial charge >= 0.3 is 0 Å². The Morgan fingerprint density at radius 3 is 2.35 bits per heavy atom. The third-order valence-corrected chi connectivity index (χ3v) is 5.67. The van der Waals surface area contributed by atoms with Gasteiger partial charge in [-0.15, -0.1) is 0 Å². The minimum absolute atomic E-state index is 0.321. The maximum absolute atomic E-state index is 12.4. The summed E-state index contributed by atoms with van der Waals surface area (Å²) in [5.74, 6) is 0.398. The SMILES string of the molecule is CC(C)(C)[S+]([O-])N=C1CC[C@H](c2ccccc2)c2ccccc21. The summed E-state index contributed by atoms with van der Waals surface area (Å²) in [7, 11) is 0. The van der Waals surface area contributed by atoms with Gasteiger partial charge < -0.3 is 4.55 Å². The fraction of sp³-hybridized carbons (Fsp3) is 0.350. The van der Waals surface area contributed by atoms with E-state index in [1.165, 1.54) is 11.1 Å². The lowest BCUT2D eigenvalue weighted by Crippen LogP contribution is -2.28. The molecule has 0 fully saturated rings. The fourth-order valence-electron chi connectivity index (χ4n) is 3.00. The van der Waals surface area contributed by atoms with Crippen LogP contribution in [0.25, 0.3) is 0 Å². The average molecular weight is 325 g/mol. The molecule has 0 aromatic heterocycles. The third-order valence-electron chi connectivity index (χ3n) is 4.24. The van der Waals surface area contributed by atoms with Crippen LogP contribution in [0.1, 0.15) is 56.2 Å². The molecule has 0 heterocycles. The average Bonchev–Trinajstić information content (AvgIpc) is 2.55. The van der Waals surface area contributed by atoms with E-state index in [2.05, 4.69) is 52.9 Å². The number of benzene rings is 2. The quantitative estimate of drug-likeness (QED) is 0.726. The van der Waals surface area contributed by atoms with E-state index in [9.17, 15) is 4.55 Å². The Hall–Kier alpha value is -1.58. The van der Waals surface area contributed by atoms with Crippen molar-refractivity contribution in [3.63, 3.8) is 0 Å². The van der Waals surface area contributed by atoms with Crippen LogP contribution in [-0.2, 0) is 11.4 Å². The zero-order chi connectivity index (χ0) is 16.4. The summed E-state index contributed by atoms with van der Waals surface area (Å²) in [6, 6.07) is 19.0. The first-order valence-electron chi connectivity index (χ1n) is 8.10. The molecule has 2 aromatic carbocycles. The van der Waals surface area contributed by atoms with Gasteiger partial charge in [-0.3, -0.25) is 0 Å². The van der Waals surface area contributed by atoms with Gasteiger partial charge in [-0.1, -0.05) is 59.0 Å². The molecule has 3 heteroatoms. The number of hydrogen-bond donors (Lipinski definition) is 0. The molecular formula is C20H23NOS. The smallest absolute Gasteiger partial charge is 0.144 e. The zero-order valence-corrected chi connectivity index (χ0v) is 14.8. The minimum Gasteiger partial charge on any atom is -0.591 e. The molecule has 0 saturated heterocycles. The topological polar surface area (TPSA) is 35.4 Å². The first-order valence-corrected chi connectivity index (χ1v) is 9.21. The molecule has 2 nitrogen and oxygen atoms in total. The summed E-state index contributed by atoms with van der Waals surface area (Å²) in [6.45, 7) is 5.90. The highest BCUT2D eigenvalue weighted by molar-refractivity contribution is 7.91. The fourth-order valence-corrected chi connectivity index (χ4v) is 3.66. The molecule has 1 aliphatic rings. The predicted octanol–water partition coefficient (Wildman–Crippen LogP) is 4.86. The summed E-state index contributed by atoms with van der Waals surface area (Å²) >= 11 is -1.21. The van der Waals surface area contributed by atoms with Gasteiger partial charge in [-0.05, 0) is 44.7 Å². The summed E-state index contributed by atoms with van der Waals surface area (Å²) in [6.07, 6.45) is 1.89. The Morgan fingerprint density at radius 2 is 1.65 bits per heavy atom. The van der Waals surface area contributed by atoms with Crippen molar-refractivity contribution in [1.29, 1.82) is 0 Å². The monoisotopic (exact) mass is 325 g/mol. The van der Waals surface area contributed by atoms with Crippen LogP contribution in [0.4, 0.5) is 0 Å². The molecule has 2 atom stereocenters. The second-order valence-electron chi connectivity index (χ2n) is 6.99. The maximum Gasteiger partial charge on any atom is 0.144 e. The van der Waals surface area contributed by atoms with E-state index in [1.807, 2.05) is 26.8 Å². The molecule has 0 N–H and O–H groups in total. The number of nitrogens with zero attached hydrogens (tertiary/aromatic N) is 1. The van der Waals surface area contributed by atoms with Gasteiger partial charge in [-0.25, -0.2) is 0 Å². The molecule has 0 bridgehead atoms.